The average molecular weight is 535 g/mol. The highest BCUT2D eigenvalue weighted by Gasteiger charge is 2.31. The second-order valence-corrected chi connectivity index (χ2v) is 12.7. The smallest absolute Gasteiger partial charge is 0.305 e. The van der Waals surface area contributed by atoms with Gasteiger partial charge in [-0.15, -0.1) is 0 Å². The molecule has 0 radical (unpaired) electrons. The van der Waals surface area contributed by atoms with Crippen molar-refractivity contribution >= 4 is 11.9 Å². The molecule has 0 unspecified atom stereocenters. The number of phenolic OH excluding ortho intramolecular Hbond substituents is 1. The molecular formula is C32H54O6. The van der Waals surface area contributed by atoms with Crippen LogP contribution in [-0.2, 0) is 29.9 Å². The van der Waals surface area contributed by atoms with Gasteiger partial charge in [0.2, 0.25) is 0 Å². The third-order valence-corrected chi connectivity index (χ3v) is 6.83. The quantitative estimate of drug-likeness (QED) is 0.152. The molecule has 0 spiro atoms. The third kappa shape index (κ3) is 12.1. The van der Waals surface area contributed by atoms with Crippen LogP contribution in [0.1, 0.15) is 125 Å². The van der Waals surface area contributed by atoms with Crippen molar-refractivity contribution in [2.75, 3.05) is 19.8 Å². The molecule has 0 bridgehead atoms. The van der Waals surface area contributed by atoms with Gasteiger partial charge < -0.3 is 19.3 Å². The molecular weight excluding hydrogens is 480 g/mol. The molecule has 0 aliphatic carbocycles. The molecule has 1 aromatic rings. The fourth-order valence-electron chi connectivity index (χ4n) is 4.37. The van der Waals surface area contributed by atoms with Gasteiger partial charge in [-0.3, -0.25) is 9.59 Å². The summed E-state index contributed by atoms with van der Waals surface area (Å²) < 4.78 is 16.9. The van der Waals surface area contributed by atoms with Crippen molar-refractivity contribution in [2.45, 2.75) is 125 Å². The zero-order valence-electron chi connectivity index (χ0n) is 25.6. The van der Waals surface area contributed by atoms with Crippen LogP contribution in [-0.4, -0.2) is 36.9 Å². The number of hydrogen-bond donors (Lipinski definition) is 1. The number of carbonyl (C=O) groups excluding carboxylic acids is 2. The molecule has 0 aliphatic heterocycles. The molecule has 218 valence electrons. The van der Waals surface area contributed by atoms with Crippen molar-refractivity contribution in [2.24, 2.45) is 11.8 Å². The second-order valence-electron chi connectivity index (χ2n) is 12.7. The molecule has 1 N–H and O–H groups in total. The van der Waals surface area contributed by atoms with Crippen LogP contribution in [0.15, 0.2) is 12.1 Å². The standard InChI is InChI=1S/C32H54O6/c1-10-11-18-36-28-20-25(31(6,7)16-12-14-29(34)37-21-23(2)3)27(33)19-26(28)32(8,9)17-13-15-30(35)38-22-24(4)5/h19-20,23-24,33H,10-18,21-22H2,1-9H3. The van der Waals surface area contributed by atoms with Gasteiger partial charge in [0.25, 0.3) is 0 Å². The molecule has 0 aromatic heterocycles. The second kappa shape index (κ2) is 16.0. The van der Waals surface area contributed by atoms with E-state index >= 15 is 0 Å². The number of esters is 2. The Hall–Kier alpha value is -2.24. The number of phenols is 1. The van der Waals surface area contributed by atoms with Gasteiger partial charge >= 0.3 is 11.9 Å². The van der Waals surface area contributed by atoms with E-state index < -0.39 is 0 Å². The molecule has 1 aromatic carbocycles. The number of rotatable bonds is 18. The summed E-state index contributed by atoms with van der Waals surface area (Å²) in [5.41, 5.74) is 1.10. The number of aromatic hydroxyl groups is 1. The fourth-order valence-corrected chi connectivity index (χ4v) is 4.37. The predicted octanol–water partition coefficient (Wildman–Crippen LogP) is 7.87. The van der Waals surface area contributed by atoms with Crippen LogP contribution in [0.25, 0.3) is 0 Å². The van der Waals surface area contributed by atoms with Crippen LogP contribution in [0, 0.1) is 11.8 Å². The minimum absolute atomic E-state index is 0.165. The molecule has 0 atom stereocenters. The molecule has 0 amide bonds. The number of benzene rings is 1. The lowest BCUT2D eigenvalue weighted by Crippen LogP contribution is -2.22. The van der Waals surface area contributed by atoms with E-state index in [1.807, 2.05) is 39.8 Å². The maximum atomic E-state index is 12.1. The molecule has 38 heavy (non-hydrogen) atoms. The molecule has 0 saturated carbocycles. The number of unbranched alkanes of at least 4 members (excludes halogenated alkanes) is 1. The largest absolute Gasteiger partial charge is 0.508 e. The summed E-state index contributed by atoms with van der Waals surface area (Å²) in [6.07, 6.45) is 5.57. The van der Waals surface area contributed by atoms with Crippen molar-refractivity contribution in [3.63, 3.8) is 0 Å². The Morgan fingerprint density at radius 1 is 0.789 bits per heavy atom. The molecule has 0 aliphatic rings. The minimum Gasteiger partial charge on any atom is -0.508 e. The van der Waals surface area contributed by atoms with Crippen molar-refractivity contribution in [1.82, 2.24) is 0 Å². The van der Waals surface area contributed by atoms with Crippen LogP contribution < -0.4 is 4.74 Å². The Labute approximate surface area is 231 Å². The summed E-state index contributed by atoms with van der Waals surface area (Å²) in [6, 6.07) is 3.82. The Kier molecular flexibility index (Phi) is 14.2. The Morgan fingerprint density at radius 3 is 1.71 bits per heavy atom. The highest BCUT2D eigenvalue weighted by molar-refractivity contribution is 5.69. The number of ether oxygens (including phenoxy) is 3. The van der Waals surface area contributed by atoms with Gasteiger partial charge in [-0.25, -0.2) is 0 Å². The van der Waals surface area contributed by atoms with Crippen molar-refractivity contribution in [3.8, 4) is 11.5 Å². The summed E-state index contributed by atoms with van der Waals surface area (Å²) in [5.74, 6) is 1.32. The van der Waals surface area contributed by atoms with E-state index in [9.17, 15) is 14.7 Å². The molecule has 6 heteroatoms. The first-order valence-corrected chi connectivity index (χ1v) is 14.5. The minimum atomic E-state index is -0.353. The van der Waals surface area contributed by atoms with Crippen LogP contribution in [0.3, 0.4) is 0 Å². The highest BCUT2D eigenvalue weighted by Crippen LogP contribution is 2.44. The molecule has 6 nitrogen and oxygen atoms in total. The highest BCUT2D eigenvalue weighted by atomic mass is 16.5. The SMILES string of the molecule is CCCCOc1cc(C(C)(C)CCCC(=O)OCC(C)C)c(O)cc1C(C)(C)CCCC(=O)OCC(C)C. The molecule has 1 rings (SSSR count). The van der Waals surface area contributed by atoms with Crippen molar-refractivity contribution in [1.29, 1.82) is 0 Å². The molecule has 0 heterocycles. The lowest BCUT2D eigenvalue weighted by molar-refractivity contribution is -0.145. The molecule has 0 saturated heterocycles. The molecule has 0 fully saturated rings. The average Bonchev–Trinajstić information content (AvgIpc) is 2.81. The van der Waals surface area contributed by atoms with Crippen molar-refractivity contribution in [3.05, 3.63) is 23.3 Å². The van der Waals surface area contributed by atoms with Crippen LogP contribution in [0.4, 0.5) is 0 Å². The van der Waals surface area contributed by atoms with Gasteiger partial charge in [0.05, 0.1) is 19.8 Å². The summed E-state index contributed by atoms with van der Waals surface area (Å²) in [7, 11) is 0. The Bertz CT molecular complexity index is 869. The lowest BCUT2D eigenvalue weighted by atomic mass is 9.75. The van der Waals surface area contributed by atoms with E-state index in [1.165, 1.54) is 0 Å². The van der Waals surface area contributed by atoms with Crippen LogP contribution in [0.2, 0.25) is 0 Å². The predicted molar refractivity (Wildman–Crippen MR) is 154 cm³/mol. The maximum absolute atomic E-state index is 12.1. The topological polar surface area (TPSA) is 82.1 Å². The van der Waals surface area contributed by atoms with Crippen LogP contribution >= 0.6 is 0 Å². The van der Waals surface area contributed by atoms with Gasteiger partial charge in [0.15, 0.2) is 0 Å². The van der Waals surface area contributed by atoms with Gasteiger partial charge in [-0.05, 0) is 66.9 Å². The van der Waals surface area contributed by atoms with E-state index in [4.69, 9.17) is 14.2 Å². The summed E-state index contributed by atoms with van der Waals surface area (Å²) in [5, 5.41) is 11.2. The zero-order valence-corrected chi connectivity index (χ0v) is 25.6. The van der Waals surface area contributed by atoms with E-state index in [1.54, 1.807) is 0 Å². The van der Waals surface area contributed by atoms with E-state index in [0.29, 0.717) is 57.3 Å². The van der Waals surface area contributed by atoms with Gasteiger partial charge in [-0.2, -0.15) is 0 Å². The van der Waals surface area contributed by atoms with E-state index in [-0.39, 0.29) is 28.5 Å². The third-order valence-electron chi connectivity index (χ3n) is 6.83. The van der Waals surface area contributed by atoms with Gasteiger partial charge in [-0.1, -0.05) is 68.7 Å². The van der Waals surface area contributed by atoms with Crippen molar-refractivity contribution < 1.29 is 28.9 Å². The lowest BCUT2D eigenvalue weighted by Gasteiger charge is -2.32. The van der Waals surface area contributed by atoms with Gasteiger partial charge in [0, 0.05) is 24.0 Å². The van der Waals surface area contributed by atoms with Gasteiger partial charge in [0.1, 0.15) is 11.5 Å². The number of carbonyl (C=O) groups is 2. The normalized spacial score (nSPS) is 12.2. The van der Waals surface area contributed by atoms with E-state index in [0.717, 1.165) is 42.6 Å². The zero-order chi connectivity index (χ0) is 28.9. The fraction of sp³-hybridized carbons (Fsp3) is 0.750. The number of hydrogen-bond acceptors (Lipinski definition) is 6. The maximum Gasteiger partial charge on any atom is 0.305 e. The summed E-state index contributed by atoms with van der Waals surface area (Å²) >= 11 is 0. The Morgan fingerprint density at radius 2 is 1.26 bits per heavy atom. The van der Waals surface area contributed by atoms with Crippen LogP contribution in [0.5, 0.6) is 11.5 Å². The summed E-state index contributed by atoms with van der Waals surface area (Å²) in [6.45, 7) is 20.1. The summed E-state index contributed by atoms with van der Waals surface area (Å²) in [4.78, 5) is 24.2. The first kappa shape index (κ1) is 33.8. The van der Waals surface area contributed by atoms with E-state index in [2.05, 4.69) is 34.6 Å². The first-order chi connectivity index (χ1) is 17.7. The first-order valence-electron chi connectivity index (χ1n) is 14.5. The monoisotopic (exact) mass is 534 g/mol. The Balaban J connectivity index is 3.03.